The summed E-state index contributed by atoms with van der Waals surface area (Å²) < 4.78 is 25.8. The summed E-state index contributed by atoms with van der Waals surface area (Å²) in [5.74, 6) is 0.557. The molecule has 5 nitrogen and oxygen atoms in total. The lowest BCUT2D eigenvalue weighted by Crippen LogP contribution is -2.32. The molecule has 2 aromatic rings. The van der Waals surface area contributed by atoms with Crippen molar-refractivity contribution in [3.63, 3.8) is 0 Å². The number of carbonyl (C=O) groups is 1. The van der Waals surface area contributed by atoms with Gasteiger partial charge in [0.1, 0.15) is 0 Å². The van der Waals surface area contributed by atoms with E-state index in [1.807, 2.05) is 54.6 Å². The largest absolute Gasteiger partial charge is 0.356 e. The fourth-order valence-corrected chi connectivity index (χ4v) is 4.12. The first kappa shape index (κ1) is 22.9. The molecule has 0 aliphatic carbocycles. The molecule has 1 unspecified atom stereocenters. The average molecular weight is 417 g/mol. The maximum atomic E-state index is 12.2. The fourth-order valence-electron chi connectivity index (χ4n) is 3.15. The van der Waals surface area contributed by atoms with Crippen molar-refractivity contribution in [1.82, 2.24) is 5.32 Å². The van der Waals surface area contributed by atoms with Crippen molar-refractivity contribution in [3.8, 4) is 0 Å². The second kappa shape index (κ2) is 10.4. The van der Waals surface area contributed by atoms with Gasteiger partial charge in [0, 0.05) is 19.5 Å². The van der Waals surface area contributed by atoms with E-state index in [1.165, 1.54) is 16.1 Å². The molecule has 0 radical (unpaired) electrons. The van der Waals surface area contributed by atoms with Gasteiger partial charge in [-0.05, 0) is 41.5 Å². The summed E-state index contributed by atoms with van der Waals surface area (Å²) in [5.41, 5.74) is 2.98. The van der Waals surface area contributed by atoms with Gasteiger partial charge in [0.15, 0.2) is 0 Å². The van der Waals surface area contributed by atoms with Crippen molar-refractivity contribution >= 4 is 21.6 Å². The highest BCUT2D eigenvalue weighted by molar-refractivity contribution is 7.92. The van der Waals surface area contributed by atoms with Crippen molar-refractivity contribution in [1.29, 1.82) is 0 Å². The fraction of sp³-hybridized carbons (Fsp3) is 0.435. The van der Waals surface area contributed by atoms with Gasteiger partial charge in [0.25, 0.3) is 0 Å². The van der Waals surface area contributed by atoms with Gasteiger partial charge in [-0.2, -0.15) is 0 Å². The van der Waals surface area contributed by atoms with Gasteiger partial charge in [-0.3, -0.25) is 9.10 Å². The van der Waals surface area contributed by atoms with E-state index < -0.39 is 10.0 Å². The predicted octanol–water partition coefficient (Wildman–Crippen LogP) is 4.28. The molecule has 0 saturated heterocycles. The Morgan fingerprint density at radius 2 is 1.59 bits per heavy atom. The maximum absolute atomic E-state index is 12.2. The molecule has 0 aliphatic heterocycles. The van der Waals surface area contributed by atoms with Crippen LogP contribution >= 0.6 is 0 Å². The van der Waals surface area contributed by atoms with E-state index in [0.717, 1.165) is 5.56 Å². The first-order valence-corrected chi connectivity index (χ1v) is 11.9. The van der Waals surface area contributed by atoms with Gasteiger partial charge in [-0.1, -0.05) is 63.2 Å². The zero-order valence-corrected chi connectivity index (χ0v) is 18.6. The Labute approximate surface area is 175 Å². The van der Waals surface area contributed by atoms with Crippen molar-refractivity contribution < 1.29 is 13.2 Å². The standard InChI is InChI=1S/C23H32N2O3S/c1-18(2)20-12-14-22(15-13-20)25(29(4,27)28)16-8-11-23(26)24-17-19(3)21-9-6-5-7-10-21/h5-7,9-10,12-15,18-19H,8,11,16-17H2,1-4H3,(H,24,26). The van der Waals surface area contributed by atoms with Crippen LogP contribution in [0.4, 0.5) is 5.69 Å². The smallest absolute Gasteiger partial charge is 0.232 e. The molecule has 1 N–H and O–H groups in total. The summed E-state index contributed by atoms with van der Waals surface area (Å²) >= 11 is 0. The Kier molecular flexibility index (Phi) is 8.26. The van der Waals surface area contributed by atoms with E-state index in [2.05, 4.69) is 26.1 Å². The predicted molar refractivity (Wildman–Crippen MR) is 120 cm³/mol. The molecule has 158 valence electrons. The highest BCUT2D eigenvalue weighted by Gasteiger charge is 2.18. The lowest BCUT2D eigenvalue weighted by atomic mass is 10.0. The molecule has 0 bridgehead atoms. The van der Waals surface area contributed by atoms with Gasteiger partial charge in [0.2, 0.25) is 15.9 Å². The number of hydrogen-bond donors (Lipinski definition) is 1. The van der Waals surface area contributed by atoms with Gasteiger partial charge in [-0.25, -0.2) is 8.42 Å². The lowest BCUT2D eigenvalue weighted by molar-refractivity contribution is -0.121. The monoisotopic (exact) mass is 416 g/mol. The van der Waals surface area contributed by atoms with Crippen LogP contribution in [-0.4, -0.2) is 33.7 Å². The second-order valence-corrected chi connectivity index (χ2v) is 9.71. The summed E-state index contributed by atoms with van der Waals surface area (Å²) in [5, 5.41) is 2.95. The number of amides is 1. The minimum atomic E-state index is -3.41. The molecule has 0 aliphatic rings. The number of sulfonamides is 1. The van der Waals surface area contributed by atoms with Crippen LogP contribution in [0.2, 0.25) is 0 Å². The topological polar surface area (TPSA) is 66.5 Å². The van der Waals surface area contributed by atoms with Crippen LogP contribution < -0.4 is 9.62 Å². The zero-order chi connectivity index (χ0) is 21.4. The maximum Gasteiger partial charge on any atom is 0.232 e. The third kappa shape index (κ3) is 7.20. The molecule has 2 rings (SSSR count). The number of rotatable bonds is 10. The highest BCUT2D eigenvalue weighted by Crippen LogP contribution is 2.22. The molecular formula is C23H32N2O3S. The number of nitrogens with zero attached hydrogens (tertiary/aromatic N) is 1. The zero-order valence-electron chi connectivity index (χ0n) is 17.8. The SMILES string of the molecule is CC(C)c1ccc(N(CCCC(=O)NCC(C)c2ccccc2)S(C)(=O)=O)cc1. The Balaban J connectivity index is 1.87. The van der Waals surface area contributed by atoms with Gasteiger partial charge < -0.3 is 5.32 Å². The van der Waals surface area contributed by atoms with E-state index in [0.29, 0.717) is 24.6 Å². The molecule has 0 spiro atoms. The molecular weight excluding hydrogens is 384 g/mol. The van der Waals surface area contributed by atoms with Crippen LogP contribution in [0.1, 0.15) is 56.6 Å². The van der Waals surface area contributed by atoms with Crippen LogP contribution in [0.3, 0.4) is 0 Å². The minimum Gasteiger partial charge on any atom is -0.356 e. The molecule has 0 saturated carbocycles. The normalized spacial score (nSPS) is 12.6. The third-order valence-corrected chi connectivity index (χ3v) is 6.18. The first-order valence-electron chi connectivity index (χ1n) is 10.1. The molecule has 0 fully saturated rings. The average Bonchev–Trinajstić information content (AvgIpc) is 2.69. The summed E-state index contributed by atoms with van der Waals surface area (Å²) in [6.07, 6.45) is 1.95. The number of benzene rings is 2. The quantitative estimate of drug-likeness (QED) is 0.629. The van der Waals surface area contributed by atoms with Crippen molar-refractivity contribution in [2.45, 2.75) is 45.4 Å². The molecule has 1 atom stereocenters. The number of nitrogens with one attached hydrogen (secondary N) is 1. The summed E-state index contributed by atoms with van der Waals surface area (Å²) in [4.78, 5) is 12.2. The molecule has 29 heavy (non-hydrogen) atoms. The minimum absolute atomic E-state index is 0.0589. The molecule has 2 aromatic carbocycles. The van der Waals surface area contributed by atoms with Crippen LogP contribution in [-0.2, 0) is 14.8 Å². The van der Waals surface area contributed by atoms with E-state index in [-0.39, 0.29) is 24.8 Å². The van der Waals surface area contributed by atoms with Crippen LogP contribution in [0.15, 0.2) is 54.6 Å². The van der Waals surface area contributed by atoms with Crippen molar-refractivity contribution in [3.05, 3.63) is 65.7 Å². The van der Waals surface area contributed by atoms with Crippen molar-refractivity contribution in [2.24, 2.45) is 0 Å². The number of hydrogen-bond acceptors (Lipinski definition) is 3. The Bertz CT molecular complexity index is 878. The molecule has 0 aromatic heterocycles. The van der Waals surface area contributed by atoms with E-state index in [4.69, 9.17) is 0 Å². The summed E-state index contributed by atoms with van der Waals surface area (Å²) in [6.45, 7) is 7.11. The summed E-state index contributed by atoms with van der Waals surface area (Å²) in [7, 11) is -3.41. The van der Waals surface area contributed by atoms with Gasteiger partial charge >= 0.3 is 0 Å². The number of anilines is 1. The van der Waals surface area contributed by atoms with Gasteiger partial charge in [0.05, 0.1) is 11.9 Å². The first-order chi connectivity index (χ1) is 13.7. The lowest BCUT2D eigenvalue weighted by Gasteiger charge is -2.23. The van der Waals surface area contributed by atoms with Crippen LogP contribution in [0.5, 0.6) is 0 Å². The van der Waals surface area contributed by atoms with Crippen LogP contribution in [0, 0.1) is 0 Å². The summed E-state index contributed by atoms with van der Waals surface area (Å²) in [6, 6.07) is 17.6. The van der Waals surface area contributed by atoms with Crippen molar-refractivity contribution in [2.75, 3.05) is 23.7 Å². The van der Waals surface area contributed by atoms with E-state index in [9.17, 15) is 13.2 Å². The second-order valence-electron chi connectivity index (χ2n) is 7.80. The Morgan fingerprint density at radius 3 is 2.14 bits per heavy atom. The van der Waals surface area contributed by atoms with Crippen LogP contribution in [0.25, 0.3) is 0 Å². The Hall–Kier alpha value is -2.34. The molecule has 6 heteroatoms. The molecule has 0 heterocycles. The molecule has 1 amide bonds. The van der Waals surface area contributed by atoms with E-state index >= 15 is 0 Å². The number of carbonyl (C=O) groups excluding carboxylic acids is 1. The third-order valence-electron chi connectivity index (χ3n) is 4.99. The highest BCUT2D eigenvalue weighted by atomic mass is 32.2. The van der Waals surface area contributed by atoms with Gasteiger partial charge in [-0.15, -0.1) is 0 Å². The van der Waals surface area contributed by atoms with E-state index in [1.54, 1.807) is 0 Å². The Morgan fingerprint density at radius 1 is 0.966 bits per heavy atom.